The lowest BCUT2D eigenvalue weighted by Crippen LogP contribution is -2.55. The molecule has 0 aliphatic carbocycles. The Bertz CT molecular complexity index is 755. The summed E-state index contributed by atoms with van der Waals surface area (Å²) in [6.45, 7) is 3.65. The fourth-order valence-corrected chi connectivity index (χ4v) is 2.98. The molecule has 1 N–H and O–H groups in total. The third-order valence-corrected chi connectivity index (χ3v) is 4.26. The highest BCUT2D eigenvalue weighted by Gasteiger charge is 2.28. The molecule has 6 nitrogen and oxygen atoms in total. The number of carbonyl (C=O) groups is 1. The highest BCUT2D eigenvalue weighted by atomic mass is 19.1. The van der Waals surface area contributed by atoms with Crippen molar-refractivity contribution in [1.29, 1.82) is 0 Å². The number of nitrogens with one attached hydrogen (secondary N) is 1. The van der Waals surface area contributed by atoms with Gasteiger partial charge in [-0.05, 0) is 31.2 Å². The molecule has 7 heteroatoms. The topological polar surface area (TPSA) is 57.7 Å². The largest absolute Gasteiger partial charge is 0.495 e. The quantitative estimate of drug-likeness (QED) is 0.870. The predicted octanol–water partition coefficient (Wildman–Crippen LogP) is 2.97. The first kappa shape index (κ1) is 17.0. The van der Waals surface area contributed by atoms with E-state index in [9.17, 15) is 9.18 Å². The minimum atomic E-state index is -0.499. The number of anilines is 2. The van der Waals surface area contributed by atoms with Gasteiger partial charge in [-0.3, -0.25) is 0 Å². The van der Waals surface area contributed by atoms with Crippen molar-refractivity contribution >= 4 is 17.5 Å². The molecule has 1 saturated heterocycles. The molecule has 1 aromatic carbocycles. The fourth-order valence-electron chi connectivity index (χ4n) is 2.98. The van der Waals surface area contributed by atoms with Crippen molar-refractivity contribution < 1.29 is 13.9 Å². The number of rotatable bonds is 3. The molecule has 1 aliphatic rings. The first-order chi connectivity index (χ1) is 12.1. The van der Waals surface area contributed by atoms with Crippen LogP contribution < -0.4 is 15.0 Å². The SMILES string of the molecule is COc1ccccc1NC(=O)N1CCN(c2cccc(F)n2)C(C)C1. The van der Waals surface area contributed by atoms with Gasteiger partial charge in [0.05, 0.1) is 12.8 Å². The maximum absolute atomic E-state index is 13.3. The first-order valence-electron chi connectivity index (χ1n) is 8.16. The van der Waals surface area contributed by atoms with Crippen LogP contribution in [0, 0.1) is 5.95 Å². The van der Waals surface area contributed by atoms with E-state index in [2.05, 4.69) is 10.3 Å². The zero-order chi connectivity index (χ0) is 17.8. The number of methoxy groups -OCH3 is 1. The minimum absolute atomic E-state index is 0.0338. The lowest BCUT2D eigenvalue weighted by Gasteiger charge is -2.40. The number of aromatic nitrogens is 1. The minimum Gasteiger partial charge on any atom is -0.495 e. The standard InChI is InChI=1S/C18H21FN4O2/c1-13-12-22(10-11-23(13)17-9-5-8-16(19)21-17)18(24)20-14-6-3-4-7-15(14)25-2/h3-9,13H,10-12H2,1-2H3,(H,20,24). The van der Waals surface area contributed by atoms with E-state index in [1.54, 1.807) is 36.3 Å². The van der Waals surface area contributed by atoms with Gasteiger partial charge in [0.15, 0.2) is 0 Å². The summed E-state index contributed by atoms with van der Waals surface area (Å²) in [7, 11) is 1.57. The van der Waals surface area contributed by atoms with E-state index in [1.807, 2.05) is 24.0 Å². The summed E-state index contributed by atoms with van der Waals surface area (Å²) in [5.74, 6) is 0.713. The van der Waals surface area contributed by atoms with Crippen molar-refractivity contribution in [3.8, 4) is 5.75 Å². The Morgan fingerprint density at radius 1 is 1.24 bits per heavy atom. The van der Waals surface area contributed by atoms with Gasteiger partial charge in [-0.2, -0.15) is 4.39 Å². The molecule has 0 bridgehead atoms. The number of halogens is 1. The highest BCUT2D eigenvalue weighted by molar-refractivity contribution is 5.91. The second-order valence-electron chi connectivity index (χ2n) is 5.94. The van der Waals surface area contributed by atoms with Gasteiger partial charge >= 0.3 is 6.03 Å². The molecule has 1 atom stereocenters. The van der Waals surface area contributed by atoms with Gasteiger partial charge in [0, 0.05) is 25.7 Å². The number of urea groups is 1. The van der Waals surface area contributed by atoms with Crippen LogP contribution in [0.4, 0.5) is 20.7 Å². The molecule has 0 radical (unpaired) electrons. The van der Waals surface area contributed by atoms with Gasteiger partial charge in [0.25, 0.3) is 0 Å². The molecule has 1 aromatic heterocycles. The van der Waals surface area contributed by atoms with Crippen molar-refractivity contribution in [3.05, 3.63) is 48.4 Å². The number of para-hydroxylation sites is 2. The summed E-state index contributed by atoms with van der Waals surface area (Å²) >= 11 is 0. The predicted molar refractivity (Wildman–Crippen MR) is 94.6 cm³/mol. The Morgan fingerprint density at radius 3 is 2.76 bits per heavy atom. The van der Waals surface area contributed by atoms with Crippen LogP contribution >= 0.6 is 0 Å². The fraction of sp³-hybridized carbons (Fsp3) is 0.333. The lowest BCUT2D eigenvalue weighted by atomic mass is 10.2. The van der Waals surface area contributed by atoms with Crippen LogP contribution in [0.25, 0.3) is 0 Å². The maximum atomic E-state index is 13.3. The van der Waals surface area contributed by atoms with E-state index < -0.39 is 5.95 Å². The van der Waals surface area contributed by atoms with E-state index in [0.717, 1.165) is 0 Å². The zero-order valence-corrected chi connectivity index (χ0v) is 14.3. The number of hydrogen-bond donors (Lipinski definition) is 1. The number of amides is 2. The van der Waals surface area contributed by atoms with Crippen LogP contribution in [0.2, 0.25) is 0 Å². The Hall–Kier alpha value is -2.83. The molecule has 1 unspecified atom stereocenters. The second-order valence-corrected chi connectivity index (χ2v) is 5.94. The van der Waals surface area contributed by atoms with Crippen LogP contribution in [0.15, 0.2) is 42.5 Å². The molecule has 2 aromatic rings. The Kier molecular flexibility index (Phi) is 5.02. The molecule has 3 rings (SSSR count). The Morgan fingerprint density at radius 2 is 2.04 bits per heavy atom. The summed E-state index contributed by atoms with van der Waals surface area (Å²) in [6.07, 6.45) is 0. The number of pyridine rings is 1. The van der Waals surface area contributed by atoms with Crippen LogP contribution in [0.5, 0.6) is 5.75 Å². The molecule has 0 spiro atoms. The van der Waals surface area contributed by atoms with E-state index in [4.69, 9.17) is 4.74 Å². The average Bonchev–Trinajstić information content (AvgIpc) is 2.62. The molecular weight excluding hydrogens is 323 g/mol. The van der Waals surface area contributed by atoms with Gasteiger partial charge in [-0.25, -0.2) is 9.78 Å². The second kappa shape index (κ2) is 7.38. The summed E-state index contributed by atoms with van der Waals surface area (Å²) in [4.78, 5) is 20.2. The molecule has 0 saturated carbocycles. The van der Waals surface area contributed by atoms with Crippen molar-refractivity contribution in [2.24, 2.45) is 0 Å². The number of piperazine rings is 1. The van der Waals surface area contributed by atoms with Crippen molar-refractivity contribution in [2.45, 2.75) is 13.0 Å². The van der Waals surface area contributed by atoms with Gasteiger partial charge in [-0.1, -0.05) is 18.2 Å². The molecule has 2 amide bonds. The number of benzene rings is 1. The van der Waals surface area contributed by atoms with Gasteiger partial charge < -0.3 is 19.9 Å². The van der Waals surface area contributed by atoms with Gasteiger partial charge in [-0.15, -0.1) is 0 Å². The number of ether oxygens (including phenoxy) is 1. The third kappa shape index (κ3) is 3.81. The molecule has 1 fully saturated rings. The van der Waals surface area contributed by atoms with Crippen LogP contribution in [0.3, 0.4) is 0 Å². The molecule has 1 aliphatic heterocycles. The summed E-state index contributed by atoms with van der Waals surface area (Å²) in [5.41, 5.74) is 0.636. The monoisotopic (exact) mass is 344 g/mol. The van der Waals surface area contributed by atoms with Crippen molar-refractivity contribution in [1.82, 2.24) is 9.88 Å². The smallest absolute Gasteiger partial charge is 0.322 e. The third-order valence-electron chi connectivity index (χ3n) is 4.26. The summed E-state index contributed by atoms with van der Waals surface area (Å²) < 4.78 is 18.6. The van der Waals surface area contributed by atoms with Crippen molar-refractivity contribution in [2.75, 3.05) is 37.0 Å². The van der Waals surface area contributed by atoms with Crippen LogP contribution in [-0.4, -0.2) is 48.7 Å². The van der Waals surface area contributed by atoms with Gasteiger partial charge in [0.1, 0.15) is 11.6 Å². The van der Waals surface area contributed by atoms with E-state index in [1.165, 1.54) is 6.07 Å². The molecule has 25 heavy (non-hydrogen) atoms. The number of nitrogens with zero attached hydrogens (tertiary/aromatic N) is 3. The van der Waals surface area contributed by atoms with E-state index in [0.29, 0.717) is 36.9 Å². The zero-order valence-electron chi connectivity index (χ0n) is 14.3. The number of carbonyl (C=O) groups excluding carboxylic acids is 1. The van der Waals surface area contributed by atoms with Crippen LogP contribution in [-0.2, 0) is 0 Å². The maximum Gasteiger partial charge on any atom is 0.322 e. The normalized spacial score (nSPS) is 17.3. The van der Waals surface area contributed by atoms with E-state index in [-0.39, 0.29) is 12.1 Å². The number of hydrogen-bond acceptors (Lipinski definition) is 4. The average molecular weight is 344 g/mol. The van der Waals surface area contributed by atoms with Crippen molar-refractivity contribution in [3.63, 3.8) is 0 Å². The summed E-state index contributed by atoms with van der Waals surface area (Å²) in [6, 6.07) is 11.9. The molecule has 132 valence electrons. The Balaban J connectivity index is 1.65. The van der Waals surface area contributed by atoms with Crippen LogP contribution in [0.1, 0.15) is 6.92 Å². The summed E-state index contributed by atoms with van der Waals surface area (Å²) in [5, 5.41) is 2.88. The first-order valence-corrected chi connectivity index (χ1v) is 8.16. The van der Waals surface area contributed by atoms with Gasteiger partial charge in [0.2, 0.25) is 5.95 Å². The van der Waals surface area contributed by atoms with E-state index >= 15 is 0 Å². The molecular formula is C18H21FN4O2. The Labute approximate surface area is 146 Å². The molecule has 2 heterocycles. The highest BCUT2D eigenvalue weighted by Crippen LogP contribution is 2.24. The lowest BCUT2D eigenvalue weighted by molar-refractivity contribution is 0.200.